The van der Waals surface area contributed by atoms with Crippen LogP contribution in [0.5, 0.6) is 0 Å². The Balaban J connectivity index is 1.53. The van der Waals surface area contributed by atoms with E-state index in [2.05, 4.69) is 30.5 Å². The Bertz CT molecular complexity index is 1450. The fourth-order valence-electron chi connectivity index (χ4n) is 3.41. The Hall–Kier alpha value is -3.91. The summed E-state index contributed by atoms with van der Waals surface area (Å²) in [6, 6.07) is 11.8. The number of nitrogens with one attached hydrogen (secondary N) is 2. The lowest BCUT2D eigenvalue weighted by molar-refractivity contribution is 1.10. The van der Waals surface area contributed by atoms with Gasteiger partial charge in [0.25, 0.3) is 0 Å². The van der Waals surface area contributed by atoms with Crippen molar-refractivity contribution in [2.24, 2.45) is 0 Å². The van der Waals surface area contributed by atoms with E-state index in [1.54, 1.807) is 29.9 Å². The zero-order chi connectivity index (χ0) is 19.2. The minimum atomic E-state index is 0.662. The molecule has 0 unspecified atom stereocenters. The van der Waals surface area contributed by atoms with Crippen molar-refractivity contribution in [2.45, 2.75) is 0 Å². The van der Waals surface area contributed by atoms with Gasteiger partial charge in [0.15, 0.2) is 11.5 Å². The average Bonchev–Trinajstić information content (AvgIpc) is 3.52. The monoisotopic (exact) mass is 395 g/mol. The van der Waals surface area contributed by atoms with Gasteiger partial charge in [-0.2, -0.15) is 16.4 Å². The van der Waals surface area contributed by atoms with Crippen molar-refractivity contribution in [1.29, 1.82) is 0 Å². The first-order valence-electron chi connectivity index (χ1n) is 9.00. The molecule has 8 heteroatoms. The lowest BCUT2D eigenvalue weighted by Crippen LogP contribution is -1.87. The molecule has 0 saturated heterocycles. The first-order valence-corrected chi connectivity index (χ1v) is 9.94. The topological polar surface area (TPSA) is 96.0 Å². The maximum atomic E-state index is 4.83. The summed E-state index contributed by atoms with van der Waals surface area (Å²) in [4.78, 5) is 21.6. The molecule has 0 aliphatic carbocycles. The lowest BCUT2D eigenvalue weighted by Gasteiger charge is -2.00. The molecule has 0 radical (unpaired) electrons. The summed E-state index contributed by atoms with van der Waals surface area (Å²) in [7, 11) is 0. The van der Waals surface area contributed by atoms with Crippen LogP contribution in [0.2, 0.25) is 0 Å². The zero-order valence-electron chi connectivity index (χ0n) is 15.0. The molecular formula is C21H13N7S. The summed E-state index contributed by atoms with van der Waals surface area (Å²) < 4.78 is 0. The third kappa shape index (κ3) is 2.61. The third-order valence-corrected chi connectivity index (χ3v) is 5.49. The Morgan fingerprint density at radius 3 is 2.52 bits per heavy atom. The number of aromatic nitrogens is 7. The van der Waals surface area contributed by atoms with E-state index in [0.29, 0.717) is 11.5 Å². The first-order chi connectivity index (χ1) is 14.4. The van der Waals surface area contributed by atoms with Gasteiger partial charge in [-0.3, -0.25) is 15.1 Å². The van der Waals surface area contributed by atoms with E-state index in [-0.39, 0.29) is 0 Å². The van der Waals surface area contributed by atoms with E-state index < -0.39 is 0 Å². The summed E-state index contributed by atoms with van der Waals surface area (Å²) >= 11 is 1.64. The number of hydrogen-bond donors (Lipinski definition) is 2. The number of rotatable bonds is 3. The van der Waals surface area contributed by atoms with E-state index in [1.807, 2.05) is 41.8 Å². The number of H-pyrrole nitrogens is 2. The Morgan fingerprint density at radius 2 is 1.66 bits per heavy atom. The van der Waals surface area contributed by atoms with Gasteiger partial charge in [0, 0.05) is 35.1 Å². The molecule has 0 atom stereocenters. The number of hydrogen-bond acceptors (Lipinski definition) is 6. The van der Waals surface area contributed by atoms with Crippen LogP contribution in [0.1, 0.15) is 0 Å². The molecule has 138 valence electrons. The number of fused-ring (bicyclic) bond motifs is 2. The summed E-state index contributed by atoms with van der Waals surface area (Å²) in [5.41, 5.74) is 7.82. The van der Waals surface area contributed by atoms with Gasteiger partial charge in [-0.25, -0.2) is 9.97 Å². The van der Waals surface area contributed by atoms with Gasteiger partial charge in [0.1, 0.15) is 11.0 Å². The maximum absolute atomic E-state index is 4.83. The van der Waals surface area contributed by atoms with Gasteiger partial charge >= 0.3 is 0 Å². The summed E-state index contributed by atoms with van der Waals surface area (Å²) in [6.45, 7) is 0. The molecule has 0 saturated carbocycles. The van der Waals surface area contributed by atoms with Gasteiger partial charge in [-0.05, 0) is 41.8 Å². The SMILES string of the molecule is c1cc(-c2ccc3[nH]nc(-c4nc5c(-c6ccsc6)nccc5[nH]4)c3n2)ccn1. The molecule has 6 aromatic heterocycles. The van der Waals surface area contributed by atoms with Crippen LogP contribution in [-0.4, -0.2) is 35.1 Å². The molecule has 0 spiro atoms. The average molecular weight is 395 g/mol. The van der Waals surface area contributed by atoms with Crippen LogP contribution in [0.4, 0.5) is 0 Å². The second kappa shape index (κ2) is 6.32. The van der Waals surface area contributed by atoms with E-state index >= 15 is 0 Å². The molecule has 0 aromatic carbocycles. The number of thiophene rings is 1. The molecule has 29 heavy (non-hydrogen) atoms. The fourth-order valence-corrected chi connectivity index (χ4v) is 4.05. The van der Waals surface area contributed by atoms with E-state index in [9.17, 15) is 0 Å². The molecule has 6 heterocycles. The van der Waals surface area contributed by atoms with Crippen molar-refractivity contribution < 1.29 is 0 Å². The minimum absolute atomic E-state index is 0.662. The van der Waals surface area contributed by atoms with Crippen molar-refractivity contribution in [3.63, 3.8) is 0 Å². The van der Waals surface area contributed by atoms with Gasteiger partial charge in [-0.15, -0.1) is 0 Å². The van der Waals surface area contributed by atoms with Gasteiger partial charge < -0.3 is 4.98 Å². The van der Waals surface area contributed by atoms with Crippen molar-refractivity contribution in [3.05, 3.63) is 65.7 Å². The predicted octanol–water partition coefficient (Wildman–Crippen LogP) is 4.69. The van der Waals surface area contributed by atoms with Crippen LogP contribution in [0.15, 0.2) is 65.7 Å². The van der Waals surface area contributed by atoms with E-state index in [0.717, 1.165) is 44.6 Å². The fraction of sp³-hybridized carbons (Fsp3) is 0. The Morgan fingerprint density at radius 1 is 0.759 bits per heavy atom. The zero-order valence-corrected chi connectivity index (χ0v) is 15.8. The number of nitrogens with zero attached hydrogens (tertiary/aromatic N) is 5. The smallest absolute Gasteiger partial charge is 0.161 e. The molecule has 7 nitrogen and oxygen atoms in total. The van der Waals surface area contributed by atoms with Crippen molar-refractivity contribution in [1.82, 2.24) is 35.1 Å². The Kier molecular flexibility index (Phi) is 3.50. The number of imidazole rings is 1. The van der Waals surface area contributed by atoms with Crippen LogP contribution in [0.25, 0.3) is 56.1 Å². The van der Waals surface area contributed by atoms with Crippen LogP contribution in [0.3, 0.4) is 0 Å². The molecule has 0 aliphatic rings. The number of pyridine rings is 3. The second-order valence-corrected chi connectivity index (χ2v) is 7.33. The maximum Gasteiger partial charge on any atom is 0.161 e. The number of aromatic amines is 2. The van der Waals surface area contributed by atoms with Crippen LogP contribution in [0, 0.1) is 0 Å². The molecule has 0 fully saturated rings. The normalized spacial score (nSPS) is 11.4. The highest BCUT2D eigenvalue weighted by molar-refractivity contribution is 7.08. The van der Waals surface area contributed by atoms with Crippen molar-refractivity contribution in [2.75, 3.05) is 0 Å². The second-order valence-electron chi connectivity index (χ2n) is 6.55. The third-order valence-electron chi connectivity index (χ3n) is 4.80. The molecule has 0 bridgehead atoms. The molecular weight excluding hydrogens is 382 g/mol. The van der Waals surface area contributed by atoms with E-state index in [1.165, 1.54) is 0 Å². The van der Waals surface area contributed by atoms with Crippen molar-refractivity contribution >= 4 is 33.4 Å². The molecule has 0 amide bonds. The molecule has 0 aliphatic heterocycles. The minimum Gasteiger partial charge on any atom is -0.336 e. The highest BCUT2D eigenvalue weighted by Gasteiger charge is 2.17. The van der Waals surface area contributed by atoms with Crippen molar-refractivity contribution in [3.8, 4) is 34.0 Å². The molecule has 6 rings (SSSR count). The van der Waals surface area contributed by atoms with E-state index in [4.69, 9.17) is 9.97 Å². The summed E-state index contributed by atoms with van der Waals surface area (Å²) in [5.74, 6) is 0.662. The predicted molar refractivity (Wildman–Crippen MR) is 113 cm³/mol. The van der Waals surface area contributed by atoms with Crippen LogP contribution >= 0.6 is 11.3 Å². The first kappa shape index (κ1) is 16.1. The highest BCUT2D eigenvalue weighted by Crippen LogP contribution is 2.31. The lowest BCUT2D eigenvalue weighted by atomic mass is 10.1. The van der Waals surface area contributed by atoms with Gasteiger partial charge in [0.2, 0.25) is 0 Å². The van der Waals surface area contributed by atoms with Gasteiger partial charge in [0.05, 0.1) is 22.4 Å². The van der Waals surface area contributed by atoms with Crippen LogP contribution in [-0.2, 0) is 0 Å². The molecule has 6 aromatic rings. The highest BCUT2D eigenvalue weighted by atomic mass is 32.1. The quantitative estimate of drug-likeness (QED) is 0.453. The largest absolute Gasteiger partial charge is 0.336 e. The summed E-state index contributed by atoms with van der Waals surface area (Å²) in [5, 5.41) is 11.6. The van der Waals surface area contributed by atoms with Crippen LogP contribution < -0.4 is 0 Å². The Labute approximate surface area is 168 Å². The molecule has 2 N–H and O–H groups in total. The standard InChI is InChI=1S/C21H13N7S/c1-2-16-19(24-14(1)12-3-7-22-8-4-12)20(28-27-16)21-25-15-5-9-23-17(18(15)26-21)13-6-10-29-11-13/h1-11H,(H,25,26)(H,27,28). The summed E-state index contributed by atoms with van der Waals surface area (Å²) in [6.07, 6.45) is 5.31. The van der Waals surface area contributed by atoms with Gasteiger partial charge in [-0.1, -0.05) is 0 Å².